The predicted molar refractivity (Wildman–Crippen MR) is 89.2 cm³/mol. The van der Waals surface area contributed by atoms with Gasteiger partial charge in [-0.2, -0.15) is 5.10 Å². The van der Waals surface area contributed by atoms with Crippen LogP contribution in [0.15, 0.2) is 12.1 Å². The number of hydrogen-bond acceptors (Lipinski definition) is 4. The van der Waals surface area contributed by atoms with Gasteiger partial charge in [-0.15, -0.1) is 11.3 Å². The van der Waals surface area contributed by atoms with Gasteiger partial charge < -0.3 is 10.6 Å². The van der Waals surface area contributed by atoms with Gasteiger partial charge in [0.2, 0.25) is 0 Å². The van der Waals surface area contributed by atoms with E-state index in [-0.39, 0.29) is 0 Å². The summed E-state index contributed by atoms with van der Waals surface area (Å²) in [6.07, 6.45) is 0. The molecule has 3 rings (SSSR count). The van der Waals surface area contributed by atoms with Gasteiger partial charge in [0.25, 0.3) is 0 Å². The fourth-order valence-corrected chi connectivity index (χ4v) is 4.08. The summed E-state index contributed by atoms with van der Waals surface area (Å²) in [5.41, 5.74) is 2.53. The van der Waals surface area contributed by atoms with Gasteiger partial charge in [0.1, 0.15) is 5.82 Å². The zero-order valence-corrected chi connectivity index (χ0v) is 14.0. The quantitative estimate of drug-likeness (QED) is 0.911. The smallest absolute Gasteiger partial charge is 0.124 e. The molecule has 0 spiro atoms. The Labute approximate surface area is 130 Å². The number of rotatable bonds is 4. The van der Waals surface area contributed by atoms with Crippen LogP contribution < -0.4 is 10.6 Å². The van der Waals surface area contributed by atoms with Gasteiger partial charge in [0, 0.05) is 47.4 Å². The second-order valence-electron chi connectivity index (χ2n) is 6.10. The third-order valence-corrected chi connectivity index (χ3v) is 5.15. The fraction of sp³-hybridized carbons (Fsp3) is 0.562. The Morgan fingerprint density at radius 2 is 2.24 bits per heavy atom. The molecule has 2 aromatic heterocycles. The van der Waals surface area contributed by atoms with Crippen LogP contribution in [-0.2, 0) is 6.54 Å². The Hall–Kier alpha value is -1.33. The van der Waals surface area contributed by atoms with E-state index in [0.29, 0.717) is 12.0 Å². The Balaban J connectivity index is 1.57. The van der Waals surface area contributed by atoms with Crippen molar-refractivity contribution >= 4 is 17.2 Å². The lowest BCUT2D eigenvalue weighted by Gasteiger charge is -2.26. The summed E-state index contributed by atoms with van der Waals surface area (Å²) in [5, 5.41) is 11.7. The molecule has 0 bridgehead atoms. The molecular weight excluding hydrogens is 280 g/mol. The maximum Gasteiger partial charge on any atom is 0.124 e. The Bertz CT molecular complexity index is 628. The first-order chi connectivity index (χ1) is 10.0. The highest BCUT2D eigenvalue weighted by Gasteiger charge is 2.20. The van der Waals surface area contributed by atoms with Gasteiger partial charge in [-0.1, -0.05) is 0 Å². The number of nitrogens with zero attached hydrogens (tertiary/aromatic N) is 2. The fourth-order valence-electron chi connectivity index (χ4n) is 3.06. The third kappa shape index (κ3) is 3.14. The van der Waals surface area contributed by atoms with Crippen molar-refractivity contribution in [2.45, 2.75) is 40.3 Å². The predicted octanol–water partition coefficient (Wildman–Crippen LogP) is 3.26. The SMILES string of the molecule is Cc1cc2n(n1)C[C@@H](CN[C@@H](C)c1cc(C)sc1C)CN2. The van der Waals surface area contributed by atoms with E-state index >= 15 is 0 Å². The van der Waals surface area contributed by atoms with Crippen molar-refractivity contribution in [2.75, 3.05) is 18.4 Å². The van der Waals surface area contributed by atoms with E-state index < -0.39 is 0 Å². The molecule has 2 N–H and O–H groups in total. The molecule has 0 saturated carbocycles. The summed E-state index contributed by atoms with van der Waals surface area (Å²) in [4.78, 5) is 2.83. The van der Waals surface area contributed by atoms with Crippen LogP contribution in [-0.4, -0.2) is 22.9 Å². The standard InChI is InChI=1S/C16H24N4S/c1-10-5-16-18-8-14(9-20(16)19-10)7-17-12(3)15-6-11(2)21-13(15)4/h5-6,12,14,17-18H,7-9H2,1-4H3/t12-,14-/m0/s1. The molecule has 114 valence electrons. The first-order valence-electron chi connectivity index (χ1n) is 7.61. The number of aryl methyl sites for hydroxylation is 3. The van der Waals surface area contributed by atoms with E-state index in [4.69, 9.17) is 0 Å². The maximum atomic E-state index is 4.53. The van der Waals surface area contributed by atoms with Gasteiger partial charge in [0.15, 0.2) is 0 Å². The summed E-state index contributed by atoms with van der Waals surface area (Å²) in [5.74, 6) is 1.74. The Morgan fingerprint density at radius 1 is 1.43 bits per heavy atom. The van der Waals surface area contributed by atoms with Crippen molar-refractivity contribution in [3.63, 3.8) is 0 Å². The topological polar surface area (TPSA) is 41.9 Å². The molecule has 0 saturated heterocycles. The van der Waals surface area contributed by atoms with Gasteiger partial charge in [0.05, 0.1) is 5.69 Å². The highest BCUT2D eigenvalue weighted by Crippen LogP contribution is 2.26. The molecule has 2 aromatic rings. The molecular formula is C16H24N4S. The average Bonchev–Trinajstić information content (AvgIpc) is 2.96. The van der Waals surface area contributed by atoms with Crippen molar-refractivity contribution in [1.82, 2.24) is 15.1 Å². The number of aromatic nitrogens is 2. The molecule has 0 unspecified atom stereocenters. The first kappa shape index (κ1) is 14.6. The first-order valence-corrected chi connectivity index (χ1v) is 8.43. The molecule has 5 heteroatoms. The summed E-state index contributed by atoms with van der Waals surface area (Å²) in [6, 6.07) is 4.84. The van der Waals surface area contributed by atoms with E-state index in [9.17, 15) is 0 Å². The highest BCUT2D eigenvalue weighted by atomic mass is 32.1. The van der Waals surface area contributed by atoms with Crippen molar-refractivity contribution in [3.05, 3.63) is 33.1 Å². The van der Waals surface area contributed by atoms with E-state index in [1.807, 2.05) is 18.3 Å². The van der Waals surface area contributed by atoms with E-state index in [0.717, 1.165) is 31.1 Å². The zero-order valence-electron chi connectivity index (χ0n) is 13.2. The molecule has 2 atom stereocenters. The lowest BCUT2D eigenvalue weighted by molar-refractivity contribution is 0.375. The zero-order chi connectivity index (χ0) is 15.0. The molecule has 3 heterocycles. The summed E-state index contributed by atoms with van der Waals surface area (Å²) in [7, 11) is 0. The van der Waals surface area contributed by atoms with Gasteiger partial charge in [-0.3, -0.25) is 0 Å². The van der Waals surface area contributed by atoms with Crippen LogP contribution in [0.1, 0.15) is 34.0 Å². The van der Waals surface area contributed by atoms with Crippen LogP contribution in [0.5, 0.6) is 0 Å². The number of nitrogens with one attached hydrogen (secondary N) is 2. The molecule has 21 heavy (non-hydrogen) atoms. The van der Waals surface area contributed by atoms with E-state index in [1.165, 1.54) is 15.3 Å². The highest BCUT2D eigenvalue weighted by molar-refractivity contribution is 7.12. The van der Waals surface area contributed by atoms with Crippen LogP contribution in [0.4, 0.5) is 5.82 Å². The number of fused-ring (bicyclic) bond motifs is 1. The van der Waals surface area contributed by atoms with Gasteiger partial charge >= 0.3 is 0 Å². The van der Waals surface area contributed by atoms with Crippen LogP contribution in [0, 0.1) is 26.7 Å². The van der Waals surface area contributed by atoms with Crippen molar-refractivity contribution in [1.29, 1.82) is 0 Å². The normalized spacial score (nSPS) is 19.1. The number of anilines is 1. The van der Waals surface area contributed by atoms with E-state index in [2.05, 4.69) is 53.3 Å². The molecule has 0 amide bonds. The summed E-state index contributed by atoms with van der Waals surface area (Å²) < 4.78 is 2.09. The minimum absolute atomic E-state index is 0.413. The van der Waals surface area contributed by atoms with Crippen molar-refractivity contribution < 1.29 is 0 Å². The summed E-state index contributed by atoms with van der Waals surface area (Å²) >= 11 is 1.89. The number of thiophene rings is 1. The lowest BCUT2D eigenvalue weighted by Crippen LogP contribution is -2.36. The van der Waals surface area contributed by atoms with Crippen LogP contribution in [0.3, 0.4) is 0 Å². The Morgan fingerprint density at radius 3 is 2.95 bits per heavy atom. The molecule has 1 aliphatic heterocycles. The molecule has 0 aliphatic carbocycles. The lowest BCUT2D eigenvalue weighted by atomic mass is 10.1. The van der Waals surface area contributed by atoms with Crippen molar-refractivity contribution in [3.8, 4) is 0 Å². The van der Waals surface area contributed by atoms with Crippen LogP contribution in [0.25, 0.3) is 0 Å². The second kappa shape index (κ2) is 5.81. The second-order valence-corrected chi connectivity index (χ2v) is 7.56. The Kier molecular flexibility index (Phi) is 4.04. The van der Waals surface area contributed by atoms with Crippen LogP contribution in [0.2, 0.25) is 0 Å². The minimum atomic E-state index is 0.413. The van der Waals surface area contributed by atoms with Gasteiger partial charge in [-0.05, 0) is 39.3 Å². The molecule has 4 nitrogen and oxygen atoms in total. The summed E-state index contributed by atoms with van der Waals surface area (Å²) in [6.45, 7) is 11.7. The van der Waals surface area contributed by atoms with Crippen molar-refractivity contribution in [2.24, 2.45) is 5.92 Å². The van der Waals surface area contributed by atoms with E-state index in [1.54, 1.807) is 0 Å². The molecule has 0 aromatic carbocycles. The largest absolute Gasteiger partial charge is 0.370 e. The molecule has 0 radical (unpaired) electrons. The van der Waals surface area contributed by atoms with Crippen LogP contribution >= 0.6 is 11.3 Å². The average molecular weight is 304 g/mol. The minimum Gasteiger partial charge on any atom is -0.370 e. The number of hydrogen-bond donors (Lipinski definition) is 2. The molecule has 0 fully saturated rings. The monoisotopic (exact) mass is 304 g/mol. The third-order valence-electron chi connectivity index (χ3n) is 4.16. The molecule has 1 aliphatic rings. The maximum absolute atomic E-state index is 4.53. The van der Waals surface area contributed by atoms with Gasteiger partial charge in [-0.25, -0.2) is 4.68 Å².